The highest BCUT2D eigenvalue weighted by Gasteiger charge is 2.37. The standard InChI is InChI=1S/C34H36NO2P/c1-21(2)36-38(37-22(3)4)35(31-19-11-17-29-27-15-9-7-13-25(27)23(5)33(29)31)32-20-12-18-30-28-16-10-8-14-26(28)24(6)34(30)32/h7-24H,1-6H3. The second-order valence-electron chi connectivity index (χ2n) is 11.0. The van der Waals surface area contributed by atoms with E-state index in [-0.39, 0.29) is 24.0 Å². The van der Waals surface area contributed by atoms with Crippen LogP contribution in [-0.4, -0.2) is 12.2 Å². The van der Waals surface area contributed by atoms with Crippen molar-refractivity contribution in [2.45, 2.75) is 65.6 Å². The van der Waals surface area contributed by atoms with E-state index in [2.05, 4.69) is 131 Å². The molecule has 0 bridgehead atoms. The van der Waals surface area contributed by atoms with E-state index in [0.717, 1.165) is 0 Å². The molecule has 0 saturated heterocycles. The van der Waals surface area contributed by atoms with Gasteiger partial charge in [0.15, 0.2) is 0 Å². The predicted octanol–water partition coefficient (Wildman–Crippen LogP) is 10.2. The average molecular weight is 522 g/mol. The van der Waals surface area contributed by atoms with Crippen molar-refractivity contribution >= 4 is 19.9 Å². The van der Waals surface area contributed by atoms with Crippen LogP contribution in [0.2, 0.25) is 0 Å². The highest BCUT2D eigenvalue weighted by atomic mass is 31.2. The molecule has 6 rings (SSSR count). The van der Waals surface area contributed by atoms with E-state index in [1.165, 1.54) is 55.9 Å². The molecular weight excluding hydrogens is 485 g/mol. The van der Waals surface area contributed by atoms with Gasteiger partial charge in [-0.2, -0.15) is 0 Å². The third-order valence-electron chi connectivity index (χ3n) is 7.69. The van der Waals surface area contributed by atoms with Crippen molar-refractivity contribution in [3.05, 3.63) is 107 Å². The van der Waals surface area contributed by atoms with E-state index in [0.29, 0.717) is 0 Å². The molecule has 2 unspecified atom stereocenters. The van der Waals surface area contributed by atoms with Crippen LogP contribution >= 0.6 is 8.53 Å². The number of rotatable bonds is 7. The molecule has 0 fully saturated rings. The Morgan fingerprint density at radius 1 is 0.553 bits per heavy atom. The minimum Gasteiger partial charge on any atom is -0.314 e. The first-order valence-electron chi connectivity index (χ1n) is 13.7. The summed E-state index contributed by atoms with van der Waals surface area (Å²) in [4.78, 5) is 0. The topological polar surface area (TPSA) is 21.7 Å². The molecule has 0 spiro atoms. The molecule has 0 amide bonds. The van der Waals surface area contributed by atoms with Crippen LogP contribution in [0.4, 0.5) is 11.4 Å². The van der Waals surface area contributed by atoms with Gasteiger partial charge in [0.05, 0.1) is 23.6 Å². The summed E-state index contributed by atoms with van der Waals surface area (Å²) in [5, 5.41) is 0. The van der Waals surface area contributed by atoms with Crippen molar-refractivity contribution in [3.63, 3.8) is 0 Å². The number of fused-ring (bicyclic) bond motifs is 6. The SMILES string of the molecule is CC(C)OP(OC(C)C)N(c1cccc2c1C(C)c1ccccc1-2)c1cccc2c1C(C)c1ccccc1-2. The molecule has 0 heterocycles. The average Bonchev–Trinajstić information content (AvgIpc) is 3.36. The summed E-state index contributed by atoms with van der Waals surface area (Å²) in [6.45, 7) is 13.0. The Balaban J connectivity index is 1.60. The predicted molar refractivity (Wildman–Crippen MR) is 160 cm³/mol. The maximum atomic E-state index is 6.64. The van der Waals surface area contributed by atoms with Gasteiger partial charge >= 0.3 is 0 Å². The summed E-state index contributed by atoms with van der Waals surface area (Å²) in [5.74, 6) is 0.558. The van der Waals surface area contributed by atoms with E-state index < -0.39 is 8.53 Å². The van der Waals surface area contributed by atoms with Crippen molar-refractivity contribution in [1.29, 1.82) is 0 Å². The lowest BCUT2D eigenvalue weighted by molar-refractivity contribution is 0.177. The molecular formula is C34H36NO2P. The first-order chi connectivity index (χ1) is 18.4. The van der Waals surface area contributed by atoms with Gasteiger partial charge in [0.2, 0.25) is 0 Å². The van der Waals surface area contributed by atoms with E-state index in [4.69, 9.17) is 9.05 Å². The largest absolute Gasteiger partial charge is 0.314 e. The Morgan fingerprint density at radius 3 is 1.37 bits per heavy atom. The number of hydrogen-bond acceptors (Lipinski definition) is 3. The third-order valence-corrected chi connectivity index (χ3v) is 9.65. The third kappa shape index (κ3) is 4.09. The summed E-state index contributed by atoms with van der Waals surface area (Å²) < 4.78 is 15.7. The Morgan fingerprint density at radius 2 is 0.947 bits per heavy atom. The molecule has 0 saturated carbocycles. The molecule has 0 aliphatic heterocycles. The van der Waals surface area contributed by atoms with Crippen LogP contribution in [-0.2, 0) is 9.05 Å². The van der Waals surface area contributed by atoms with Crippen LogP contribution in [0.1, 0.15) is 75.6 Å². The van der Waals surface area contributed by atoms with Gasteiger partial charge in [0, 0.05) is 11.8 Å². The van der Waals surface area contributed by atoms with Crippen LogP contribution in [0, 0.1) is 0 Å². The normalized spacial score (nSPS) is 17.1. The second-order valence-corrected chi connectivity index (χ2v) is 12.2. The Kier molecular flexibility index (Phi) is 6.64. The molecule has 0 radical (unpaired) electrons. The molecule has 2 aliphatic carbocycles. The highest BCUT2D eigenvalue weighted by Crippen LogP contribution is 2.60. The van der Waals surface area contributed by atoms with Crippen molar-refractivity contribution in [1.82, 2.24) is 0 Å². The van der Waals surface area contributed by atoms with E-state index in [1.807, 2.05) is 0 Å². The van der Waals surface area contributed by atoms with E-state index in [1.54, 1.807) is 0 Å². The van der Waals surface area contributed by atoms with Gasteiger partial charge in [-0.05, 0) is 84.3 Å². The summed E-state index contributed by atoms with van der Waals surface area (Å²) in [5.41, 5.74) is 13.1. The monoisotopic (exact) mass is 521 g/mol. The molecule has 4 heteroatoms. The maximum absolute atomic E-state index is 6.64. The fourth-order valence-corrected chi connectivity index (χ4v) is 7.85. The highest BCUT2D eigenvalue weighted by molar-refractivity contribution is 7.49. The van der Waals surface area contributed by atoms with Crippen LogP contribution < -0.4 is 4.67 Å². The zero-order valence-electron chi connectivity index (χ0n) is 23.1. The minimum absolute atomic E-state index is 0.0279. The smallest absolute Gasteiger partial charge is 0.295 e. The van der Waals surface area contributed by atoms with Crippen LogP contribution in [0.15, 0.2) is 84.9 Å². The summed E-state index contributed by atoms with van der Waals surface area (Å²) in [7, 11) is -1.43. The molecule has 2 atom stereocenters. The zero-order valence-corrected chi connectivity index (χ0v) is 24.0. The first-order valence-corrected chi connectivity index (χ1v) is 14.9. The van der Waals surface area contributed by atoms with Gasteiger partial charge in [0.1, 0.15) is 0 Å². The van der Waals surface area contributed by atoms with E-state index >= 15 is 0 Å². The Labute approximate surface area is 228 Å². The number of hydrogen-bond donors (Lipinski definition) is 0. The fourth-order valence-electron chi connectivity index (χ4n) is 6.19. The number of benzene rings is 4. The van der Waals surface area contributed by atoms with Gasteiger partial charge in [-0.15, -0.1) is 0 Å². The van der Waals surface area contributed by atoms with Crippen LogP contribution in [0.3, 0.4) is 0 Å². The Bertz CT molecular complexity index is 1380. The summed E-state index contributed by atoms with van der Waals surface area (Å²) in [6, 6.07) is 31.1. The molecule has 4 aromatic carbocycles. The number of anilines is 2. The summed E-state index contributed by atoms with van der Waals surface area (Å²) in [6.07, 6.45) is 0.0558. The molecule has 0 N–H and O–H groups in total. The quantitative estimate of drug-likeness (QED) is 0.226. The lowest BCUT2D eigenvalue weighted by Gasteiger charge is -2.36. The second kappa shape index (κ2) is 9.97. The van der Waals surface area contributed by atoms with Crippen molar-refractivity contribution in [2.75, 3.05) is 4.67 Å². The minimum atomic E-state index is -1.43. The zero-order chi connectivity index (χ0) is 26.6. The summed E-state index contributed by atoms with van der Waals surface area (Å²) >= 11 is 0. The van der Waals surface area contributed by atoms with Crippen LogP contribution in [0.25, 0.3) is 22.3 Å². The maximum Gasteiger partial charge on any atom is 0.295 e. The van der Waals surface area contributed by atoms with Crippen molar-refractivity contribution < 1.29 is 9.05 Å². The lowest BCUT2D eigenvalue weighted by Crippen LogP contribution is -2.21. The number of nitrogens with zero attached hydrogens (tertiary/aromatic N) is 1. The van der Waals surface area contributed by atoms with Gasteiger partial charge in [-0.25, -0.2) is 0 Å². The lowest BCUT2D eigenvalue weighted by atomic mass is 9.95. The van der Waals surface area contributed by atoms with Gasteiger partial charge < -0.3 is 9.05 Å². The first kappa shape index (κ1) is 25.3. The van der Waals surface area contributed by atoms with Gasteiger partial charge in [-0.3, -0.25) is 4.67 Å². The molecule has 38 heavy (non-hydrogen) atoms. The molecule has 4 aromatic rings. The Hall–Kier alpha value is -2.97. The van der Waals surface area contributed by atoms with Gasteiger partial charge in [-0.1, -0.05) is 86.6 Å². The fraction of sp³-hybridized carbons (Fsp3) is 0.294. The molecule has 3 nitrogen and oxygen atoms in total. The van der Waals surface area contributed by atoms with Crippen molar-refractivity contribution in [3.8, 4) is 22.3 Å². The van der Waals surface area contributed by atoms with Crippen molar-refractivity contribution in [2.24, 2.45) is 0 Å². The molecule has 194 valence electrons. The molecule has 2 aliphatic rings. The van der Waals surface area contributed by atoms with E-state index in [9.17, 15) is 0 Å². The van der Waals surface area contributed by atoms with Crippen LogP contribution in [0.5, 0.6) is 0 Å². The van der Waals surface area contributed by atoms with Gasteiger partial charge in [0.25, 0.3) is 8.53 Å². The molecule has 0 aromatic heterocycles.